The van der Waals surface area contributed by atoms with Crippen LogP contribution in [0.15, 0.2) is 112 Å². The number of ether oxygens (including phenoxy) is 1. The van der Waals surface area contributed by atoms with Crippen LogP contribution in [0.25, 0.3) is 5.57 Å². The number of allylic oxidation sites excluding steroid dienone is 1. The normalized spacial score (nSPS) is 16.1. The topological polar surface area (TPSA) is 94.2 Å². The van der Waals surface area contributed by atoms with E-state index < -0.39 is 6.18 Å². The van der Waals surface area contributed by atoms with Crippen molar-refractivity contribution in [2.75, 3.05) is 88.6 Å². The second-order valence-corrected chi connectivity index (χ2v) is 19.0. The van der Waals surface area contributed by atoms with Crippen LogP contribution < -0.4 is 14.9 Å². The highest BCUT2D eigenvalue weighted by Crippen LogP contribution is 2.43. The molecule has 0 aromatic heterocycles. The van der Waals surface area contributed by atoms with E-state index in [0.29, 0.717) is 11.0 Å². The lowest BCUT2D eigenvalue weighted by Crippen LogP contribution is -2.47. The Labute approximate surface area is 404 Å². The Hall–Kier alpha value is -4.31. The lowest BCUT2D eigenvalue weighted by Gasteiger charge is -2.39. The molecule has 2 N–H and O–H groups in total. The predicted molar refractivity (Wildman–Crippen MR) is 270 cm³/mol. The summed E-state index contributed by atoms with van der Waals surface area (Å²) in [7, 11) is 0. The first-order valence-electron chi connectivity index (χ1n) is 22.1. The number of benzene rings is 4. The summed E-state index contributed by atoms with van der Waals surface area (Å²) < 4.78 is 39.5. The Kier molecular flexibility index (Phi) is 25.0. The number of halogens is 4. The summed E-state index contributed by atoms with van der Waals surface area (Å²) in [6.07, 6.45) is 2.67. The van der Waals surface area contributed by atoms with Crippen molar-refractivity contribution in [1.29, 1.82) is 0 Å². The van der Waals surface area contributed by atoms with Gasteiger partial charge >= 0.3 is 6.18 Å². The van der Waals surface area contributed by atoms with Gasteiger partial charge in [-0.2, -0.15) is 13.2 Å². The summed E-state index contributed by atoms with van der Waals surface area (Å²) >= 11 is 9.34. The first-order chi connectivity index (χ1) is 31.7. The van der Waals surface area contributed by atoms with Gasteiger partial charge in [0, 0.05) is 91.0 Å². The zero-order valence-corrected chi connectivity index (χ0v) is 41.5. The number of amides is 1. The summed E-state index contributed by atoms with van der Waals surface area (Å²) in [5.41, 5.74) is 8.92. The van der Waals surface area contributed by atoms with Crippen molar-refractivity contribution in [3.63, 3.8) is 0 Å². The molecule has 4 aromatic rings. The zero-order valence-electron chi connectivity index (χ0n) is 39.1. The fraction of sp³-hybridized carbons (Fsp3) is 0.431. The number of hydrogen-bond acceptors (Lipinski definition) is 10. The Morgan fingerprint density at radius 3 is 2.03 bits per heavy atom. The summed E-state index contributed by atoms with van der Waals surface area (Å²) in [6, 6.07) is 33.1. The Morgan fingerprint density at radius 1 is 0.833 bits per heavy atom. The van der Waals surface area contributed by atoms with Crippen molar-refractivity contribution in [3.05, 3.63) is 124 Å². The monoisotopic (exact) mass is 969 g/mol. The first-order valence-corrected chi connectivity index (χ1v) is 24.5. The number of carbonyl (C=O) groups excluding carboxylic acids is 3. The molecule has 4 aromatic carbocycles. The molecule has 66 heavy (non-hydrogen) atoms. The lowest BCUT2D eigenvalue weighted by molar-refractivity contribution is -0.110. The average Bonchev–Trinajstić information content (AvgIpc) is 3.32. The number of hydrogen-bond donors (Lipinski definition) is 2. The minimum absolute atomic E-state index is 0.0792. The molecule has 0 saturated carbocycles. The third kappa shape index (κ3) is 20.7. The van der Waals surface area contributed by atoms with Crippen molar-refractivity contribution >= 4 is 71.7 Å². The Morgan fingerprint density at radius 2 is 1.45 bits per heavy atom. The molecule has 1 amide bonds. The fourth-order valence-corrected chi connectivity index (χ4v) is 9.05. The summed E-state index contributed by atoms with van der Waals surface area (Å²) in [5, 5.41) is 4.36. The largest absolute Gasteiger partial charge is 0.386 e. The molecule has 0 atom stereocenters. The molecule has 7 rings (SSSR count). The van der Waals surface area contributed by atoms with Gasteiger partial charge in [-0.1, -0.05) is 61.4 Å². The highest BCUT2D eigenvalue weighted by molar-refractivity contribution is 7.98. The molecule has 2 fully saturated rings. The minimum Gasteiger partial charge on any atom is -0.385 e. The summed E-state index contributed by atoms with van der Waals surface area (Å²) in [5.74, 6) is -0.0792. The predicted octanol–water partition coefficient (Wildman–Crippen LogP) is 11.6. The van der Waals surface area contributed by atoms with Crippen molar-refractivity contribution in [1.82, 2.24) is 14.5 Å². The van der Waals surface area contributed by atoms with Crippen LogP contribution in [0.1, 0.15) is 67.9 Å². The van der Waals surface area contributed by atoms with E-state index in [1.165, 1.54) is 45.7 Å². The molecule has 2 saturated heterocycles. The van der Waals surface area contributed by atoms with Gasteiger partial charge in [-0.25, -0.2) is 0 Å². The number of nitrogens with one attached hydrogen (secondary N) is 2. The van der Waals surface area contributed by atoms with Gasteiger partial charge in [0.05, 0.1) is 13.2 Å². The highest BCUT2D eigenvalue weighted by Gasteiger charge is 2.29. The number of aryl methyl sites for hydroxylation is 1. The molecule has 9 nitrogen and oxygen atoms in total. The van der Waals surface area contributed by atoms with Gasteiger partial charge in [0.2, 0.25) is 0 Å². The number of anilines is 2. The second-order valence-electron chi connectivity index (χ2n) is 16.8. The molecule has 360 valence electrons. The van der Waals surface area contributed by atoms with Crippen molar-refractivity contribution < 1.29 is 32.3 Å². The van der Waals surface area contributed by atoms with Gasteiger partial charge < -0.3 is 24.5 Å². The van der Waals surface area contributed by atoms with E-state index in [9.17, 15) is 18.0 Å². The third-order valence-electron chi connectivity index (χ3n) is 11.2. The molecule has 0 radical (unpaired) electrons. The molecule has 1 aliphatic carbocycles. The molecule has 0 bridgehead atoms. The van der Waals surface area contributed by atoms with E-state index in [0.717, 1.165) is 107 Å². The number of carbonyl (C=O) groups is 3. The van der Waals surface area contributed by atoms with E-state index in [1.807, 2.05) is 56.0 Å². The standard InChI is InChI=1S/C40H52ClN5O2S.C7H8S.C2H3F3.2CH2O/c1-30-27-36(13-14-38(30)42-17-4-18-44-23-25-48-26-24-44)49-43-39(47)32-7-11-35(12-8-32)46-21-19-45(20-22-46)29-33-28-40(2,3)16-15-37(33)31-5-9-34(41)10-6-31;1-8-7-5-3-2-4-6-7;1-2(3,4)5;2*1-2/h5-14,27,42H,4,15-26,28-29H2,1-3H3,(H,43,47);2-6H,1H3;1H3;2*1H2. The minimum atomic E-state index is -4.00. The number of thioether (sulfide) groups is 1. The van der Waals surface area contributed by atoms with Crippen LogP contribution >= 0.6 is 35.3 Å². The van der Waals surface area contributed by atoms with Crippen LogP contribution in [0.3, 0.4) is 0 Å². The van der Waals surface area contributed by atoms with Gasteiger partial charge in [0.1, 0.15) is 13.6 Å². The van der Waals surface area contributed by atoms with Crippen LogP contribution in [-0.4, -0.2) is 114 Å². The SMILES string of the molecule is C=O.C=O.CC(F)(F)F.CSc1ccccc1.Cc1cc(SNC(=O)c2ccc(N3CCN(CC4=C(c5ccc(Cl)cc5)CCC(C)(C)C4)CC3)cc2)ccc1NCCCN1CCOCC1. The molecular weight excluding hydrogens is 903 g/mol. The van der Waals surface area contributed by atoms with Crippen molar-refractivity contribution in [2.45, 2.75) is 69.3 Å². The van der Waals surface area contributed by atoms with E-state index in [2.05, 4.69) is 106 Å². The van der Waals surface area contributed by atoms with Crippen LogP contribution in [0, 0.1) is 12.3 Å². The van der Waals surface area contributed by atoms with E-state index in [1.54, 1.807) is 17.3 Å². The van der Waals surface area contributed by atoms with Gasteiger partial charge in [-0.3, -0.25) is 19.3 Å². The maximum atomic E-state index is 13.0. The average molecular weight is 971 g/mol. The maximum absolute atomic E-state index is 13.0. The van der Waals surface area contributed by atoms with Crippen molar-refractivity contribution in [2.24, 2.45) is 5.41 Å². The second kappa shape index (κ2) is 29.4. The number of nitrogens with zero attached hydrogens (tertiary/aromatic N) is 3. The quantitative estimate of drug-likeness (QED) is 0.0766. The van der Waals surface area contributed by atoms with Crippen LogP contribution in [-0.2, 0) is 14.3 Å². The van der Waals surface area contributed by atoms with Crippen LogP contribution in [0.4, 0.5) is 24.5 Å². The first kappa shape index (κ1) is 56.0. The number of morpholine rings is 1. The maximum Gasteiger partial charge on any atom is 0.386 e. The van der Waals surface area contributed by atoms with Crippen LogP contribution in [0.5, 0.6) is 0 Å². The van der Waals surface area contributed by atoms with Crippen LogP contribution in [0.2, 0.25) is 5.02 Å². The number of piperazine rings is 1. The third-order valence-corrected chi connectivity index (χ3v) is 12.9. The van der Waals surface area contributed by atoms with E-state index in [-0.39, 0.29) is 12.8 Å². The highest BCUT2D eigenvalue weighted by atomic mass is 35.5. The van der Waals surface area contributed by atoms with Gasteiger partial charge in [-0.05, 0) is 146 Å². The number of alkyl halides is 3. The fourth-order valence-electron chi connectivity index (χ4n) is 7.79. The molecule has 2 heterocycles. The molecule has 0 spiro atoms. The number of rotatable bonds is 13. The summed E-state index contributed by atoms with van der Waals surface area (Å²) in [6.45, 7) is 21.9. The van der Waals surface area contributed by atoms with E-state index in [4.69, 9.17) is 25.9 Å². The van der Waals surface area contributed by atoms with Gasteiger partial charge in [0.25, 0.3) is 5.91 Å². The zero-order chi connectivity index (χ0) is 48.5. The smallest absolute Gasteiger partial charge is 0.385 e. The molecule has 15 heteroatoms. The summed E-state index contributed by atoms with van der Waals surface area (Å²) in [4.78, 5) is 38.9. The molecule has 0 unspecified atom stereocenters. The van der Waals surface area contributed by atoms with Gasteiger partial charge in [-0.15, -0.1) is 11.8 Å². The molecular formula is C51H67ClF3N5O4S2. The van der Waals surface area contributed by atoms with Crippen molar-refractivity contribution in [3.8, 4) is 0 Å². The lowest BCUT2D eigenvalue weighted by atomic mass is 9.73. The Bertz CT molecular complexity index is 2040. The molecule has 2 aliphatic heterocycles. The van der Waals surface area contributed by atoms with Gasteiger partial charge in [0.15, 0.2) is 0 Å². The Balaban J connectivity index is 0.000000580. The van der Waals surface area contributed by atoms with E-state index >= 15 is 0 Å². The molecule has 3 aliphatic rings.